The van der Waals surface area contributed by atoms with Gasteiger partial charge in [0.2, 0.25) is 17.7 Å². The second-order valence-electron chi connectivity index (χ2n) is 6.99. The number of hydrogen-bond donors (Lipinski definition) is 0. The molecule has 0 radical (unpaired) electrons. The molecule has 24 heavy (non-hydrogen) atoms. The van der Waals surface area contributed by atoms with E-state index in [-0.39, 0.29) is 5.92 Å². The molecule has 1 amide bonds. The Morgan fingerprint density at radius 1 is 1.12 bits per heavy atom. The highest BCUT2D eigenvalue weighted by Crippen LogP contribution is 2.30. The van der Waals surface area contributed by atoms with Crippen molar-refractivity contribution in [2.75, 3.05) is 13.1 Å². The van der Waals surface area contributed by atoms with Gasteiger partial charge < -0.3 is 9.32 Å². The summed E-state index contributed by atoms with van der Waals surface area (Å²) >= 11 is 0. The summed E-state index contributed by atoms with van der Waals surface area (Å²) in [6.45, 7) is 1.71. The monoisotopic (exact) mass is 325 g/mol. The summed E-state index contributed by atoms with van der Waals surface area (Å²) in [4.78, 5) is 14.6. The Kier molecular flexibility index (Phi) is 4.32. The van der Waals surface area contributed by atoms with E-state index >= 15 is 0 Å². The van der Waals surface area contributed by atoms with Gasteiger partial charge in [-0.3, -0.25) is 4.79 Å². The van der Waals surface area contributed by atoms with Gasteiger partial charge in [-0.1, -0.05) is 31.0 Å². The third kappa shape index (κ3) is 3.21. The maximum atomic E-state index is 12.5. The van der Waals surface area contributed by atoms with Gasteiger partial charge >= 0.3 is 0 Å². The van der Waals surface area contributed by atoms with E-state index in [1.165, 1.54) is 12.8 Å². The average Bonchev–Trinajstić information content (AvgIpc) is 3.37. The molecule has 2 aliphatic rings. The third-order valence-electron chi connectivity index (χ3n) is 5.25. The van der Waals surface area contributed by atoms with Crippen LogP contribution < -0.4 is 0 Å². The maximum absolute atomic E-state index is 12.5. The predicted molar refractivity (Wildman–Crippen MR) is 90.1 cm³/mol. The van der Waals surface area contributed by atoms with Crippen LogP contribution in [0.15, 0.2) is 34.7 Å². The van der Waals surface area contributed by atoms with E-state index in [1.54, 1.807) is 0 Å². The molecule has 1 saturated heterocycles. The zero-order valence-corrected chi connectivity index (χ0v) is 13.9. The minimum Gasteiger partial charge on any atom is -0.421 e. The fourth-order valence-electron chi connectivity index (χ4n) is 3.91. The molecule has 1 aliphatic carbocycles. The Morgan fingerprint density at radius 3 is 2.71 bits per heavy atom. The first kappa shape index (κ1) is 15.4. The zero-order chi connectivity index (χ0) is 16.4. The standard InChI is InChI=1S/C19H23N3O2/c23-19(16-8-4-5-9-16)22-11-10-14(13-22)12-17-20-21-18(24-17)15-6-2-1-3-7-15/h1-3,6-7,14,16H,4-5,8-13H2. The average molecular weight is 325 g/mol. The molecule has 1 aromatic carbocycles. The normalized spacial score (nSPS) is 21.5. The van der Waals surface area contributed by atoms with E-state index in [0.29, 0.717) is 23.6 Å². The van der Waals surface area contributed by atoms with Crippen molar-refractivity contribution in [2.45, 2.75) is 38.5 Å². The van der Waals surface area contributed by atoms with Crippen LogP contribution in [0.1, 0.15) is 38.0 Å². The highest BCUT2D eigenvalue weighted by atomic mass is 16.4. The van der Waals surface area contributed by atoms with E-state index < -0.39 is 0 Å². The highest BCUT2D eigenvalue weighted by molar-refractivity contribution is 5.79. The van der Waals surface area contributed by atoms with Gasteiger partial charge in [0.15, 0.2) is 0 Å². The molecule has 0 bridgehead atoms. The van der Waals surface area contributed by atoms with E-state index in [0.717, 1.165) is 44.3 Å². The highest BCUT2D eigenvalue weighted by Gasteiger charge is 2.32. The van der Waals surface area contributed by atoms with Crippen molar-refractivity contribution in [2.24, 2.45) is 11.8 Å². The summed E-state index contributed by atoms with van der Waals surface area (Å²) in [6.07, 6.45) is 6.35. The fraction of sp³-hybridized carbons (Fsp3) is 0.526. The van der Waals surface area contributed by atoms with Crippen LogP contribution >= 0.6 is 0 Å². The second-order valence-corrected chi connectivity index (χ2v) is 6.99. The van der Waals surface area contributed by atoms with Gasteiger partial charge in [-0.25, -0.2) is 0 Å². The Hall–Kier alpha value is -2.17. The van der Waals surface area contributed by atoms with Crippen LogP contribution in [0.5, 0.6) is 0 Å². The molecule has 0 spiro atoms. The summed E-state index contributed by atoms with van der Waals surface area (Å²) < 4.78 is 5.80. The predicted octanol–water partition coefficient (Wildman–Crippen LogP) is 3.32. The van der Waals surface area contributed by atoms with Crippen LogP contribution in [0, 0.1) is 11.8 Å². The maximum Gasteiger partial charge on any atom is 0.247 e. The number of rotatable bonds is 4. The van der Waals surface area contributed by atoms with Gasteiger partial charge in [-0.15, -0.1) is 10.2 Å². The molecule has 1 saturated carbocycles. The van der Waals surface area contributed by atoms with Gasteiger partial charge in [-0.2, -0.15) is 0 Å². The van der Waals surface area contributed by atoms with E-state index in [2.05, 4.69) is 15.1 Å². The van der Waals surface area contributed by atoms with Gasteiger partial charge in [0, 0.05) is 31.0 Å². The van der Waals surface area contributed by atoms with E-state index in [9.17, 15) is 4.79 Å². The number of amides is 1. The quantitative estimate of drug-likeness (QED) is 0.865. The molecule has 1 unspecified atom stereocenters. The Labute approximate surface area is 142 Å². The lowest BCUT2D eigenvalue weighted by molar-refractivity contribution is -0.134. The lowest BCUT2D eigenvalue weighted by Crippen LogP contribution is -2.33. The van der Waals surface area contributed by atoms with Crippen molar-refractivity contribution in [3.05, 3.63) is 36.2 Å². The smallest absolute Gasteiger partial charge is 0.247 e. The summed E-state index contributed by atoms with van der Waals surface area (Å²) in [5.74, 6) is 2.32. The number of nitrogens with zero attached hydrogens (tertiary/aromatic N) is 3. The first-order chi connectivity index (χ1) is 11.8. The Balaban J connectivity index is 1.35. The van der Waals surface area contributed by atoms with Crippen molar-refractivity contribution in [1.82, 2.24) is 15.1 Å². The molecule has 1 atom stereocenters. The van der Waals surface area contributed by atoms with Crippen LogP contribution in [0.2, 0.25) is 0 Å². The van der Waals surface area contributed by atoms with Crippen LogP contribution in [0.3, 0.4) is 0 Å². The van der Waals surface area contributed by atoms with Crippen LogP contribution in [0.4, 0.5) is 0 Å². The second kappa shape index (κ2) is 6.75. The van der Waals surface area contributed by atoms with Crippen molar-refractivity contribution in [3.63, 3.8) is 0 Å². The number of carbonyl (C=O) groups excluding carboxylic acids is 1. The first-order valence-corrected chi connectivity index (χ1v) is 8.96. The van der Waals surface area contributed by atoms with Gasteiger partial charge in [0.05, 0.1) is 0 Å². The summed E-state index contributed by atoms with van der Waals surface area (Å²) in [5, 5.41) is 8.33. The van der Waals surface area contributed by atoms with Crippen LogP contribution in [0.25, 0.3) is 11.5 Å². The van der Waals surface area contributed by atoms with Gasteiger partial charge in [0.1, 0.15) is 0 Å². The molecule has 5 nitrogen and oxygen atoms in total. The third-order valence-corrected chi connectivity index (χ3v) is 5.25. The van der Waals surface area contributed by atoms with Crippen LogP contribution in [-0.4, -0.2) is 34.1 Å². The molecule has 4 rings (SSSR count). The molecule has 2 aromatic rings. The minimum absolute atomic E-state index is 0.275. The molecule has 0 N–H and O–H groups in total. The summed E-state index contributed by atoms with van der Waals surface area (Å²) in [7, 11) is 0. The van der Waals surface area contributed by atoms with Crippen molar-refractivity contribution in [1.29, 1.82) is 0 Å². The molecule has 2 heterocycles. The van der Waals surface area contributed by atoms with Crippen molar-refractivity contribution in [3.8, 4) is 11.5 Å². The Bertz CT molecular complexity index is 692. The zero-order valence-electron chi connectivity index (χ0n) is 13.9. The number of hydrogen-bond acceptors (Lipinski definition) is 4. The van der Waals surface area contributed by atoms with E-state index in [1.807, 2.05) is 30.3 Å². The number of likely N-dealkylation sites (tertiary alicyclic amines) is 1. The van der Waals surface area contributed by atoms with E-state index in [4.69, 9.17) is 4.42 Å². The molecule has 1 aromatic heterocycles. The molecule has 5 heteroatoms. The Morgan fingerprint density at radius 2 is 1.92 bits per heavy atom. The minimum atomic E-state index is 0.275. The topological polar surface area (TPSA) is 59.2 Å². The molecular weight excluding hydrogens is 302 g/mol. The first-order valence-electron chi connectivity index (χ1n) is 8.96. The molecule has 126 valence electrons. The summed E-state index contributed by atoms with van der Waals surface area (Å²) in [6, 6.07) is 9.82. The molecule has 2 fully saturated rings. The lowest BCUT2D eigenvalue weighted by Gasteiger charge is -2.20. The van der Waals surface area contributed by atoms with Crippen molar-refractivity contribution < 1.29 is 9.21 Å². The molecular formula is C19H23N3O2. The van der Waals surface area contributed by atoms with Crippen molar-refractivity contribution >= 4 is 5.91 Å². The van der Waals surface area contributed by atoms with Gasteiger partial charge in [-0.05, 0) is 37.3 Å². The SMILES string of the molecule is O=C(C1CCCC1)N1CCC(Cc2nnc(-c3ccccc3)o2)C1. The number of carbonyl (C=O) groups is 1. The largest absolute Gasteiger partial charge is 0.421 e. The summed E-state index contributed by atoms with van der Waals surface area (Å²) in [5.41, 5.74) is 0.945. The van der Waals surface area contributed by atoms with Crippen LogP contribution in [-0.2, 0) is 11.2 Å². The van der Waals surface area contributed by atoms with Gasteiger partial charge in [0.25, 0.3) is 0 Å². The fourth-order valence-corrected chi connectivity index (χ4v) is 3.91. The number of benzene rings is 1. The molecule has 1 aliphatic heterocycles. The lowest BCUT2D eigenvalue weighted by atomic mass is 10.0. The number of aromatic nitrogens is 2.